The van der Waals surface area contributed by atoms with Gasteiger partial charge in [0, 0.05) is 6.54 Å². The van der Waals surface area contributed by atoms with E-state index in [1.165, 1.54) is 0 Å². The molecule has 2 rings (SSSR count). The van der Waals surface area contributed by atoms with Crippen LogP contribution in [0.3, 0.4) is 0 Å². The molecule has 0 saturated carbocycles. The Morgan fingerprint density at radius 3 is 1.57 bits per heavy atom. The molecule has 0 amide bonds. The lowest BCUT2D eigenvalue weighted by Crippen LogP contribution is -2.41. The van der Waals surface area contributed by atoms with E-state index >= 15 is 0 Å². The van der Waals surface area contributed by atoms with Crippen molar-refractivity contribution in [3.63, 3.8) is 0 Å². The fourth-order valence-corrected chi connectivity index (χ4v) is 3.02. The molecular weight excluding hydrogens is 352 g/mol. The van der Waals surface area contributed by atoms with Gasteiger partial charge in [-0.2, -0.15) is 0 Å². The minimum absolute atomic E-state index is 0.424. The van der Waals surface area contributed by atoms with Crippen molar-refractivity contribution in [2.75, 3.05) is 19.6 Å². The van der Waals surface area contributed by atoms with Crippen molar-refractivity contribution in [2.24, 2.45) is 0 Å². The van der Waals surface area contributed by atoms with Crippen molar-refractivity contribution in [2.45, 2.75) is 77.8 Å². The molecule has 0 aromatic carbocycles. The topological polar surface area (TPSA) is 40.2 Å². The highest BCUT2D eigenvalue weighted by atomic mass is 16.7. The van der Waals surface area contributed by atoms with E-state index in [2.05, 4.69) is 11.8 Å². The van der Waals surface area contributed by atoms with Gasteiger partial charge in [0.05, 0.1) is 35.5 Å². The van der Waals surface area contributed by atoms with E-state index in [1.807, 2.05) is 66.3 Å². The van der Waals surface area contributed by atoms with E-state index in [0.717, 1.165) is 5.47 Å². The fraction of sp³-hybridized carbons (Fsp3) is 0.714. The minimum atomic E-state index is -0.526. The number of hydrogen-bond donors (Lipinski definition) is 0. The molecule has 2 fully saturated rings. The summed E-state index contributed by atoms with van der Waals surface area (Å²) in [4.78, 5) is 1.99. The van der Waals surface area contributed by atoms with Crippen LogP contribution in [-0.4, -0.2) is 61.2 Å². The first-order valence-corrected chi connectivity index (χ1v) is 9.76. The van der Waals surface area contributed by atoms with Crippen LogP contribution in [0, 0.1) is 24.7 Å². The van der Waals surface area contributed by atoms with Crippen molar-refractivity contribution < 1.29 is 18.6 Å². The van der Waals surface area contributed by atoms with Crippen LogP contribution < -0.4 is 0 Å². The Balaban J connectivity index is 2.32. The van der Waals surface area contributed by atoms with Gasteiger partial charge in [0.1, 0.15) is 0 Å². The maximum absolute atomic E-state index is 6.27. The molecule has 0 spiro atoms. The van der Waals surface area contributed by atoms with E-state index in [-0.39, 0.29) is 0 Å². The van der Waals surface area contributed by atoms with Gasteiger partial charge in [-0.05, 0) is 60.9 Å². The van der Waals surface area contributed by atoms with Crippen molar-refractivity contribution >= 4 is 14.2 Å². The molecule has 0 N–H and O–H groups in total. The number of nitrogens with zero attached hydrogens (tertiary/aromatic N) is 1. The summed E-state index contributed by atoms with van der Waals surface area (Å²) in [6, 6.07) is 0. The predicted octanol–water partition coefficient (Wildman–Crippen LogP) is 2.74. The summed E-state index contributed by atoms with van der Waals surface area (Å²) >= 11 is 0. The number of terminal acetylenes is 2. The van der Waals surface area contributed by atoms with Crippen LogP contribution in [0.2, 0.25) is 0 Å². The Hall–Kier alpha value is -1.21. The lowest BCUT2D eigenvalue weighted by atomic mass is 9.71. The molecule has 152 valence electrons. The zero-order chi connectivity index (χ0) is 21.4. The van der Waals surface area contributed by atoms with Gasteiger partial charge >= 0.3 is 14.2 Å². The smallest absolute Gasteiger partial charge is 0.400 e. The molecule has 2 saturated heterocycles. The third-order valence-electron chi connectivity index (χ3n) is 6.21. The maximum atomic E-state index is 6.27. The summed E-state index contributed by atoms with van der Waals surface area (Å²) in [6.07, 6.45) is 11.0. The van der Waals surface area contributed by atoms with E-state index in [1.54, 1.807) is 0 Å². The molecule has 2 aliphatic rings. The molecule has 0 unspecified atom stereocenters. The first-order chi connectivity index (χ1) is 12.7. The van der Waals surface area contributed by atoms with Gasteiger partial charge in [-0.1, -0.05) is 17.8 Å². The normalized spacial score (nSPS) is 25.0. The van der Waals surface area contributed by atoms with Gasteiger partial charge in [0.15, 0.2) is 0 Å². The second-order valence-corrected chi connectivity index (χ2v) is 9.51. The van der Waals surface area contributed by atoms with Crippen LogP contribution in [0.25, 0.3) is 0 Å². The minimum Gasteiger partial charge on any atom is -0.400 e. The van der Waals surface area contributed by atoms with Crippen LogP contribution in [0.15, 0.2) is 11.4 Å². The Labute approximate surface area is 171 Å². The highest BCUT2D eigenvalue weighted by molar-refractivity contribution is 6.60. The Bertz CT molecular complexity index is 652. The monoisotopic (exact) mass is 385 g/mol. The van der Waals surface area contributed by atoms with Crippen molar-refractivity contribution in [1.82, 2.24) is 4.90 Å². The molecule has 0 aromatic heterocycles. The van der Waals surface area contributed by atoms with E-state index < -0.39 is 36.6 Å². The Morgan fingerprint density at radius 2 is 1.18 bits per heavy atom. The predicted molar refractivity (Wildman–Crippen MR) is 114 cm³/mol. The molecule has 0 aliphatic carbocycles. The van der Waals surface area contributed by atoms with Crippen molar-refractivity contribution in [3.05, 3.63) is 11.4 Å². The molecule has 0 radical (unpaired) electrons. The highest BCUT2D eigenvalue weighted by Crippen LogP contribution is 2.40. The summed E-state index contributed by atoms with van der Waals surface area (Å²) in [7, 11) is -1.03. The van der Waals surface area contributed by atoms with Crippen LogP contribution >= 0.6 is 0 Å². The average molecular weight is 385 g/mol. The third kappa shape index (κ3) is 4.67. The van der Waals surface area contributed by atoms with E-state index in [4.69, 9.17) is 31.5 Å². The molecule has 28 heavy (non-hydrogen) atoms. The SMILES string of the molecule is C#CCN(CC#C)C/C(=C/B1OC(C)(C)C(C)(C)O1)B1OC(C)(C)C(C)(C)O1. The van der Waals surface area contributed by atoms with Gasteiger partial charge in [-0.25, -0.2) is 0 Å². The van der Waals surface area contributed by atoms with Crippen molar-refractivity contribution in [3.8, 4) is 24.7 Å². The van der Waals surface area contributed by atoms with Crippen LogP contribution in [-0.2, 0) is 18.6 Å². The first kappa shape index (κ1) is 23.1. The van der Waals surface area contributed by atoms with Crippen LogP contribution in [0.5, 0.6) is 0 Å². The van der Waals surface area contributed by atoms with Gasteiger partial charge in [0.2, 0.25) is 0 Å². The second-order valence-electron chi connectivity index (χ2n) is 9.51. The molecule has 2 heterocycles. The molecule has 5 nitrogen and oxygen atoms in total. The first-order valence-electron chi connectivity index (χ1n) is 9.76. The van der Waals surface area contributed by atoms with Gasteiger partial charge in [-0.3, -0.25) is 4.90 Å². The third-order valence-corrected chi connectivity index (χ3v) is 6.21. The van der Waals surface area contributed by atoms with Crippen LogP contribution in [0.1, 0.15) is 55.4 Å². The van der Waals surface area contributed by atoms with Gasteiger partial charge in [0.25, 0.3) is 0 Å². The quantitative estimate of drug-likeness (QED) is 0.520. The number of rotatable bonds is 6. The standard InChI is InChI=1S/C21H33B2NO4/c1-11-13-24(14-12-2)16-17(23-27-20(7,8)21(9,10)28-23)15-22-25-18(3,4)19(5,6)26-22/h1-2,15H,13-14,16H2,3-10H3/b17-15-. The molecule has 0 aromatic rings. The van der Waals surface area contributed by atoms with E-state index in [0.29, 0.717) is 19.6 Å². The lowest BCUT2D eigenvalue weighted by molar-refractivity contribution is 0.00578. The summed E-state index contributed by atoms with van der Waals surface area (Å²) in [6.45, 7) is 17.6. The molecule has 7 heteroatoms. The molecule has 2 aliphatic heterocycles. The highest BCUT2D eigenvalue weighted by Gasteiger charge is 2.54. The average Bonchev–Trinajstić information content (AvgIpc) is 2.86. The Kier molecular flexibility index (Phi) is 6.51. The summed E-state index contributed by atoms with van der Waals surface area (Å²) in [5.74, 6) is 7.26. The van der Waals surface area contributed by atoms with Gasteiger partial charge in [-0.15, -0.1) is 12.8 Å². The summed E-state index contributed by atoms with van der Waals surface area (Å²) in [5.41, 5.74) is -0.854. The summed E-state index contributed by atoms with van der Waals surface area (Å²) < 4.78 is 24.8. The van der Waals surface area contributed by atoms with Crippen LogP contribution in [0.4, 0.5) is 0 Å². The molecule has 0 bridgehead atoms. The Morgan fingerprint density at radius 1 is 0.786 bits per heavy atom. The molecule has 0 atom stereocenters. The largest absolute Gasteiger partial charge is 0.490 e. The second kappa shape index (κ2) is 7.90. The van der Waals surface area contributed by atoms with Crippen molar-refractivity contribution in [1.29, 1.82) is 0 Å². The zero-order valence-corrected chi connectivity index (χ0v) is 18.6. The van der Waals surface area contributed by atoms with Gasteiger partial charge < -0.3 is 18.6 Å². The lowest BCUT2D eigenvalue weighted by Gasteiger charge is -2.32. The summed E-state index contributed by atoms with van der Waals surface area (Å²) in [5, 5.41) is 0. The molecular formula is C21H33B2NO4. The van der Waals surface area contributed by atoms with E-state index in [9.17, 15) is 0 Å². The zero-order valence-electron chi connectivity index (χ0n) is 18.6. The number of hydrogen-bond acceptors (Lipinski definition) is 5. The fourth-order valence-electron chi connectivity index (χ4n) is 3.02. The maximum Gasteiger partial charge on any atom is 0.490 e.